The molecular formula is C31H34Cl2N2O4S. The lowest BCUT2D eigenvalue weighted by molar-refractivity contribution is -0.136. The molecule has 1 atom stereocenters. The Labute approximate surface area is 249 Å². The number of fused-ring (bicyclic) bond motifs is 1. The van der Waals surface area contributed by atoms with Crippen LogP contribution >= 0.6 is 34.5 Å². The van der Waals surface area contributed by atoms with Crippen LogP contribution in [0.2, 0.25) is 10.0 Å². The number of anilines is 1. The van der Waals surface area contributed by atoms with Gasteiger partial charge in [-0.05, 0) is 87.2 Å². The van der Waals surface area contributed by atoms with Crippen LogP contribution in [0.5, 0.6) is 0 Å². The molecule has 212 valence electrons. The fraction of sp³-hybridized carbons (Fsp3) is 0.355. The molecular weight excluding hydrogens is 567 g/mol. The highest BCUT2D eigenvalue weighted by atomic mass is 35.5. The Morgan fingerprint density at radius 1 is 1.10 bits per heavy atom. The average molecular weight is 602 g/mol. The third kappa shape index (κ3) is 7.33. The lowest BCUT2D eigenvalue weighted by Gasteiger charge is -2.40. The summed E-state index contributed by atoms with van der Waals surface area (Å²) in [5.74, 6) is -0.862. The number of aliphatic carboxylic acids is 1. The maximum atomic E-state index is 11.7. The van der Waals surface area contributed by atoms with E-state index in [0.29, 0.717) is 23.2 Å². The second kappa shape index (κ2) is 12.0. The summed E-state index contributed by atoms with van der Waals surface area (Å²) in [4.78, 5) is 19.0. The van der Waals surface area contributed by atoms with Gasteiger partial charge in [0.1, 0.15) is 5.60 Å². The zero-order chi connectivity index (χ0) is 29.2. The molecule has 0 saturated carbocycles. The van der Waals surface area contributed by atoms with Crippen LogP contribution in [0.4, 0.5) is 5.13 Å². The lowest BCUT2D eigenvalue weighted by atomic mass is 9.93. The summed E-state index contributed by atoms with van der Waals surface area (Å²) in [6, 6.07) is 17.3. The number of rotatable bonds is 5. The number of carbonyl (C=O) groups is 1. The van der Waals surface area contributed by atoms with Crippen LogP contribution in [0, 0.1) is 6.92 Å². The third-order valence-electron chi connectivity index (χ3n) is 6.46. The molecule has 0 radical (unpaired) electrons. The normalized spacial score (nSPS) is 17.4. The van der Waals surface area contributed by atoms with Crippen molar-refractivity contribution in [1.29, 1.82) is 0 Å². The van der Waals surface area contributed by atoms with Gasteiger partial charge in [0.2, 0.25) is 0 Å². The summed E-state index contributed by atoms with van der Waals surface area (Å²) >= 11 is 13.8. The van der Waals surface area contributed by atoms with Gasteiger partial charge >= 0.3 is 5.97 Å². The number of aryl methyl sites for hydroxylation is 1. The van der Waals surface area contributed by atoms with Crippen LogP contribution in [0.25, 0.3) is 21.3 Å². The van der Waals surface area contributed by atoms with Gasteiger partial charge in [-0.15, -0.1) is 0 Å². The average Bonchev–Trinajstić information content (AvgIpc) is 3.28. The van der Waals surface area contributed by atoms with E-state index in [-0.39, 0.29) is 6.42 Å². The number of nitrogens with zero attached hydrogens (tertiary/aromatic N) is 2. The van der Waals surface area contributed by atoms with Crippen molar-refractivity contribution in [2.75, 3.05) is 24.6 Å². The molecule has 1 saturated heterocycles. The minimum Gasteiger partial charge on any atom is -0.481 e. The van der Waals surface area contributed by atoms with E-state index in [1.54, 1.807) is 32.1 Å². The Hall–Kier alpha value is -2.68. The molecule has 1 unspecified atom stereocenters. The minimum absolute atomic E-state index is 0.0564. The van der Waals surface area contributed by atoms with Crippen molar-refractivity contribution in [2.45, 2.75) is 52.2 Å². The van der Waals surface area contributed by atoms with Gasteiger partial charge in [-0.3, -0.25) is 4.79 Å². The number of hydrogen-bond acceptors (Lipinski definition) is 6. The maximum Gasteiger partial charge on any atom is 0.307 e. The summed E-state index contributed by atoms with van der Waals surface area (Å²) in [7, 11) is 0. The molecule has 1 aliphatic rings. The van der Waals surface area contributed by atoms with Crippen LogP contribution in [0.1, 0.15) is 44.4 Å². The van der Waals surface area contributed by atoms with Crippen molar-refractivity contribution in [3.05, 3.63) is 81.3 Å². The van der Waals surface area contributed by atoms with Crippen LogP contribution in [0.15, 0.2) is 54.6 Å². The van der Waals surface area contributed by atoms with Gasteiger partial charge in [-0.2, -0.15) is 0 Å². The van der Waals surface area contributed by atoms with E-state index in [4.69, 9.17) is 38.0 Å². The Morgan fingerprint density at radius 3 is 2.25 bits per heavy atom. The lowest BCUT2D eigenvalue weighted by Crippen LogP contribution is -2.48. The number of aromatic nitrogens is 1. The molecule has 0 aliphatic carbocycles. The van der Waals surface area contributed by atoms with Gasteiger partial charge in [-0.1, -0.05) is 58.8 Å². The van der Waals surface area contributed by atoms with Gasteiger partial charge in [0.25, 0.3) is 0 Å². The highest BCUT2D eigenvalue weighted by Crippen LogP contribution is 2.42. The number of aliphatic hydroxyl groups is 1. The smallest absolute Gasteiger partial charge is 0.307 e. The second-order valence-electron chi connectivity index (χ2n) is 11.1. The number of hydrogen-bond donors (Lipinski definition) is 2. The molecule has 2 N–H and O–H groups in total. The van der Waals surface area contributed by atoms with Crippen LogP contribution < -0.4 is 4.90 Å². The SMILES string of the molecule is CC(C)(C)O.Cc1cc2nc(N3CCOC(C)(c4ccc(Cl)cc4)C3)sc2c(-c2ccc(Cl)cc2)c1CC(=O)O. The van der Waals surface area contributed by atoms with Crippen molar-refractivity contribution in [3.63, 3.8) is 0 Å². The Bertz CT molecular complexity index is 1490. The first-order valence-electron chi connectivity index (χ1n) is 13.0. The van der Waals surface area contributed by atoms with E-state index in [9.17, 15) is 9.90 Å². The van der Waals surface area contributed by atoms with Gasteiger partial charge in [0, 0.05) is 22.2 Å². The van der Waals surface area contributed by atoms with Crippen molar-refractivity contribution in [3.8, 4) is 11.1 Å². The van der Waals surface area contributed by atoms with Gasteiger partial charge in [0.15, 0.2) is 5.13 Å². The molecule has 2 heterocycles. The molecule has 1 aromatic heterocycles. The Kier molecular flexibility index (Phi) is 9.12. The molecule has 4 aromatic rings. The Morgan fingerprint density at radius 2 is 1.68 bits per heavy atom. The van der Waals surface area contributed by atoms with Crippen molar-refractivity contribution in [2.24, 2.45) is 0 Å². The molecule has 0 spiro atoms. The largest absolute Gasteiger partial charge is 0.481 e. The zero-order valence-electron chi connectivity index (χ0n) is 23.3. The molecule has 3 aromatic carbocycles. The summed E-state index contributed by atoms with van der Waals surface area (Å²) in [5.41, 5.74) is 4.49. The van der Waals surface area contributed by atoms with Crippen LogP contribution in [-0.4, -0.2) is 46.5 Å². The molecule has 1 fully saturated rings. The third-order valence-corrected chi connectivity index (χ3v) is 8.11. The minimum atomic E-state index is -0.862. The van der Waals surface area contributed by atoms with Crippen LogP contribution in [-0.2, 0) is 21.6 Å². The monoisotopic (exact) mass is 600 g/mol. The van der Waals surface area contributed by atoms with Gasteiger partial charge in [0.05, 0.1) is 35.4 Å². The first kappa shape index (κ1) is 30.3. The zero-order valence-corrected chi connectivity index (χ0v) is 25.6. The highest BCUT2D eigenvalue weighted by molar-refractivity contribution is 7.22. The molecule has 6 nitrogen and oxygen atoms in total. The van der Waals surface area contributed by atoms with E-state index in [0.717, 1.165) is 49.7 Å². The number of ether oxygens (including phenoxy) is 1. The molecule has 40 heavy (non-hydrogen) atoms. The molecule has 0 amide bonds. The first-order chi connectivity index (χ1) is 18.7. The van der Waals surface area contributed by atoms with Crippen molar-refractivity contribution in [1.82, 2.24) is 4.98 Å². The topological polar surface area (TPSA) is 82.9 Å². The standard InChI is InChI=1S/C27H24Cl2N2O3S.C4H10O/c1-16-13-22-25(24(21(16)14-23(32)33)17-3-7-19(28)8-4-17)35-26(30-22)31-11-12-34-27(2,15-31)18-5-9-20(29)10-6-18;1-4(2,3)5/h3-10,13H,11-12,14-15H2,1-2H3,(H,32,33);5H,1-3H3. The predicted octanol–water partition coefficient (Wildman–Crippen LogP) is 7.73. The maximum absolute atomic E-state index is 11.7. The highest BCUT2D eigenvalue weighted by Gasteiger charge is 2.35. The van der Waals surface area contributed by atoms with Gasteiger partial charge < -0.3 is 19.8 Å². The predicted molar refractivity (Wildman–Crippen MR) is 165 cm³/mol. The van der Waals surface area contributed by atoms with E-state index in [2.05, 4.69) is 11.8 Å². The number of halogens is 2. The van der Waals surface area contributed by atoms with Gasteiger partial charge in [-0.25, -0.2) is 4.98 Å². The van der Waals surface area contributed by atoms with Crippen LogP contribution in [0.3, 0.4) is 0 Å². The fourth-order valence-electron chi connectivity index (χ4n) is 4.67. The van der Waals surface area contributed by atoms with Crippen molar-refractivity contribution < 1.29 is 19.7 Å². The summed E-state index contributed by atoms with van der Waals surface area (Å²) in [6.07, 6.45) is -0.0564. The molecule has 9 heteroatoms. The number of morpholine rings is 1. The van der Waals surface area contributed by atoms with E-state index >= 15 is 0 Å². The summed E-state index contributed by atoms with van der Waals surface area (Å²) in [5, 5.41) is 20.4. The summed E-state index contributed by atoms with van der Waals surface area (Å²) < 4.78 is 7.19. The summed E-state index contributed by atoms with van der Waals surface area (Å²) in [6.45, 7) is 11.2. The van der Waals surface area contributed by atoms with E-state index < -0.39 is 17.2 Å². The fourth-order valence-corrected chi connectivity index (χ4v) is 6.09. The first-order valence-corrected chi connectivity index (χ1v) is 14.6. The molecule has 0 bridgehead atoms. The second-order valence-corrected chi connectivity index (χ2v) is 13.0. The number of carboxylic acid groups (broad SMARTS) is 1. The number of thiazole rings is 1. The van der Waals surface area contributed by atoms with E-state index in [1.807, 2.05) is 61.5 Å². The Balaban J connectivity index is 0.000000681. The molecule has 5 rings (SSSR count). The van der Waals surface area contributed by atoms with E-state index in [1.165, 1.54) is 0 Å². The van der Waals surface area contributed by atoms with Crippen molar-refractivity contribution >= 4 is 55.9 Å². The number of carboxylic acids is 1. The molecule has 1 aliphatic heterocycles. The number of benzene rings is 3. The quantitative estimate of drug-likeness (QED) is 0.244.